The first-order chi connectivity index (χ1) is 10.4. The van der Waals surface area contributed by atoms with Gasteiger partial charge in [-0.3, -0.25) is 0 Å². The van der Waals surface area contributed by atoms with Crippen LogP contribution >= 0.6 is 0 Å². The van der Waals surface area contributed by atoms with Crippen molar-refractivity contribution in [1.29, 1.82) is 0 Å². The molecule has 5 nitrogen and oxygen atoms in total. The molecule has 0 bridgehead atoms. The maximum absolute atomic E-state index is 4.63. The summed E-state index contributed by atoms with van der Waals surface area (Å²) >= 11 is 0. The number of benzene rings is 1. The molecule has 1 aromatic carbocycles. The van der Waals surface area contributed by atoms with Gasteiger partial charge in [0, 0.05) is 5.56 Å². The molecule has 2 heterocycles. The molecule has 0 N–H and O–H groups in total. The largest absolute Gasteiger partial charge is 0.243 e. The Hall–Kier alpha value is -2.30. The Bertz CT molecular complexity index is 744. The molecule has 1 saturated carbocycles. The molecule has 4 rings (SSSR count). The van der Waals surface area contributed by atoms with Crippen molar-refractivity contribution in [2.45, 2.75) is 38.0 Å². The fourth-order valence-corrected chi connectivity index (χ4v) is 3.10. The Morgan fingerprint density at radius 2 is 1.67 bits per heavy atom. The third-order valence-electron chi connectivity index (χ3n) is 4.27. The van der Waals surface area contributed by atoms with Crippen LogP contribution in [0.5, 0.6) is 0 Å². The number of hydrogen-bond donors (Lipinski definition) is 0. The second kappa shape index (κ2) is 5.24. The highest BCUT2D eigenvalue weighted by molar-refractivity contribution is 5.69. The van der Waals surface area contributed by atoms with Gasteiger partial charge in [-0.15, -0.1) is 0 Å². The monoisotopic (exact) mass is 280 g/mol. The van der Waals surface area contributed by atoms with E-state index in [1.165, 1.54) is 37.7 Å². The minimum atomic E-state index is 0.442. The van der Waals surface area contributed by atoms with Crippen molar-refractivity contribution < 1.29 is 4.63 Å². The van der Waals surface area contributed by atoms with Gasteiger partial charge < -0.3 is 0 Å². The maximum Gasteiger partial charge on any atom is 0.243 e. The number of nitrogens with zero attached hydrogens (tertiary/aromatic N) is 4. The first-order valence-corrected chi connectivity index (χ1v) is 7.46. The van der Waals surface area contributed by atoms with Crippen molar-refractivity contribution >= 4 is 11.3 Å². The van der Waals surface area contributed by atoms with Crippen LogP contribution in [0.2, 0.25) is 0 Å². The van der Waals surface area contributed by atoms with Gasteiger partial charge in [0.15, 0.2) is 0 Å². The molecule has 1 fully saturated rings. The van der Waals surface area contributed by atoms with Gasteiger partial charge in [-0.2, -0.15) is 0 Å². The first-order valence-electron chi connectivity index (χ1n) is 7.46. The number of hydrogen-bond acceptors (Lipinski definition) is 5. The van der Waals surface area contributed by atoms with E-state index in [0.717, 1.165) is 17.2 Å². The zero-order valence-electron chi connectivity index (χ0n) is 11.7. The Labute approximate surface area is 122 Å². The van der Waals surface area contributed by atoms with Crippen molar-refractivity contribution in [3.63, 3.8) is 0 Å². The standard InChI is InChI=1S/C16H16N4O/c1-2-4-11(5-3-1)12-6-8-13(9-7-12)14-10-17-15-16(18-14)20-21-19-15/h6-11H,1-5H2. The van der Waals surface area contributed by atoms with Crippen LogP contribution in [0.1, 0.15) is 43.6 Å². The summed E-state index contributed by atoms with van der Waals surface area (Å²) in [7, 11) is 0. The van der Waals surface area contributed by atoms with Gasteiger partial charge >= 0.3 is 0 Å². The van der Waals surface area contributed by atoms with Crippen molar-refractivity contribution in [3.8, 4) is 11.3 Å². The molecule has 1 aliphatic rings. The molecule has 0 spiro atoms. The lowest BCUT2D eigenvalue weighted by atomic mass is 9.84. The van der Waals surface area contributed by atoms with E-state index in [9.17, 15) is 0 Å². The lowest BCUT2D eigenvalue weighted by molar-refractivity contribution is 0.314. The summed E-state index contributed by atoms with van der Waals surface area (Å²) in [6.45, 7) is 0. The van der Waals surface area contributed by atoms with E-state index in [4.69, 9.17) is 0 Å². The van der Waals surface area contributed by atoms with Gasteiger partial charge in [-0.05, 0) is 34.6 Å². The summed E-state index contributed by atoms with van der Waals surface area (Å²) in [6.07, 6.45) is 8.44. The molecule has 3 aromatic rings. The van der Waals surface area contributed by atoms with Crippen LogP contribution in [-0.2, 0) is 0 Å². The Morgan fingerprint density at radius 3 is 2.48 bits per heavy atom. The minimum absolute atomic E-state index is 0.442. The van der Waals surface area contributed by atoms with E-state index in [1.807, 2.05) is 0 Å². The highest BCUT2D eigenvalue weighted by Crippen LogP contribution is 2.33. The summed E-state index contributed by atoms with van der Waals surface area (Å²) in [5.74, 6) is 0.723. The first kappa shape index (κ1) is 12.4. The lowest BCUT2D eigenvalue weighted by Gasteiger charge is -2.22. The average molecular weight is 280 g/mol. The minimum Gasteiger partial charge on any atom is -0.240 e. The molecule has 2 aromatic heterocycles. The molecule has 0 radical (unpaired) electrons. The zero-order chi connectivity index (χ0) is 14.1. The summed E-state index contributed by atoms with van der Waals surface area (Å²) < 4.78 is 4.63. The normalized spacial score (nSPS) is 16.4. The molecule has 106 valence electrons. The maximum atomic E-state index is 4.63. The van der Waals surface area contributed by atoms with Crippen molar-refractivity contribution in [2.75, 3.05) is 0 Å². The van der Waals surface area contributed by atoms with Gasteiger partial charge in [0.1, 0.15) is 0 Å². The average Bonchev–Trinajstić information content (AvgIpc) is 3.03. The smallest absolute Gasteiger partial charge is 0.240 e. The van der Waals surface area contributed by atoms with Crippen LogP contribution in [0.15, 0.2) is 35.1 Å². The molecule has 0 unspecified atom stereocenters. The third-order valence-corrected chi connectivity index (χ3v) is 4.27. The van der Waals surface area contributed by atoms with Crippen LogP contribution in [0.3, 0.4) is 0 Å². The summed E-state index contributed by atoms with van der Waals surface area (Å²) in [5.41, 5.74) is 4.18. The third kappa shape index (κ3) is 2.39. The second-order valence-corrected chi connectivity index (χ2v) is 5.62. The van der Waals surface area contributed by atoms with Crippen LogP contribution in [-0.4, -0.2) is 20.3 Å². The molecule has 5 heteroatoms. The van der Waals surface area contributed by atoms with E-state index in [1.54, 1.807) is 6.20 Å². The molecule has 0 aliphatic heterocycles. The van der Waals surface area contributed by atoms with Crippen LogP contribution in [0, 0.1) is 0 Å². The van der Waals surface area contributed by atoms with Gasteiger partial charge in [0.25, 0.3) is 0 Å². The van der Waals surface area contributed by atoms with Gasteiger partial charge in [-0.1, -0.05) is 43.5 Å². The highest BCUT2D eigenvalue weighted by Gasteiger charge is 2.15. The molecule has 21 heavy (non-hydrogen) atoms. The number of rotatable bonds is 2. The second-order valence-electron chi connectivity index (χ2n) is 5.62. The van der Waals surface area contributed by atoms with Crippen LogP contribution in [0.4, 0.5) is 0 Å². The molecular formula is C16H16N4O. The SMILES string of the molecule is c1cc(C2CCCCC2)ccc1-c1cnc2nonc2n1. The fraction of sp³-hybridized carbons (Fsp3) is 0.375. The molecule has 1 aliphatic carbocycles. The quantitative estimate of drug-likeness (QED) is 0.715. The lowest BCUT2D eigenvalue weighted by Crippen LogP contribution is -2.04. The Balaban J connectivity index is 1.62. The fourth-order valence-electron chi connectivity index (χ4n) is 3.10. The molecule has 0 atom stereocenters. The summed E-state index contributed by atoms with van der Waals surface area (Å²) in [5, 5.41) is 7.41. The predicted molar refractivity (Wildman–Crippen MR) is 78.7 cm³/mol. The van der Waals surface area contributed by atoms with Crippen LogP contribution < -0.4 is 0 Å². The van der Waals surface area contributed by atoms with Gasteiger partial charge in [0.2, 0.25) is 11.3 Å². The van der Waals surface area contributed by atoms with E-state index >= 15 is 0 Å². The van der Waals surface area contributed by atoms with Crippen LogP contribution in [0.25, 0.3) is 22.6 Å². The van der Waals surface area contributed by atoms with Gasteiger partial charge in [0.05, 0.1) is 11.9 Å². The van der Waals surface area contributed by atoms with Crippen molar-refractivity contribution in [1.82, 2.24) is 20.3 Å². The Morgan fingerprint density at radius 1 is 0.905 bits per heavy atom. The number of aromatic nitrogens is 4. The topological polar surface area (TPSA) is 64.7 Å². The summed E-state index contributed by atoms with van der Waals surface area (Å²) in [6, 6.07) is 8.68. The zero-order valence-corrected chi connectivity index (χ0v) is 11.7. The van der Waals surface area contributed by atoms with E-state index in [0.29, 0.717) is 11.3 Å². The molecular weight excluding hydrogens is 264 g/mol. The van der Waals surface area contributed by atoms with Crippen molar-refractivity contribution in [3.05, 3.63) is 36.0 Å². The number of fused-ring (bicyclic) bond motifs is 1. The van der Waals surface area contributed by atoms with E-state index in [-0.39, 0.29) is 0 Å². The van der Waals surface area contributed by atoms with E-state index < -0.39 is 0 Å². The highest BCUT2D eigenvalue weighted by atomic mass is 16.6. The van der Waals surface area contributed by atoms with Gasteiger partial charge in [-0.25, -0.2) is 14.6 Å². The summed E-state index contributed by atoms with van der Waals surface area (Å²) in [4.78, 5) is 8.62. The molecule has 0 saturated heterocycles. The Kier molecular flexibility index (Phi) is 3.10. The predicted octanol–water partition coefficient (Wildman–Crippen LogP) is 3.73. The van der Waals surface area contributed by atoms with Crippen molar-refractivity contribution in [2.24, 2.45) is 0 Å². The molecule has 0 amide bonds. The van der Waals surface area contributed by atoms with E-state index in [2.05, 4.69) is 49.2 Å².